The molecule has 0 aromatic heterocycles. The molecule has 0 unspecified atom stereocenters. The molecule has 1 aromatic carbocycles. The highest BCUT2D eigenvalue weighted by Gasteiger charge is 2.46. The molecule has 2 fully saturated rings. The second-order valence-electron chi connectivity index (χ2n) is 6.87. The first-order valence-electron chi connectivity index (χ1n) is 8.17. The zero-order valence-corrected chi connectivity index (χ0v) is 13.5. The normalized spacial score (nSPS) is 27.7. The maximum Gasteiger partial charge on any atom is 0.230 e. The summed E-state index contributed by atoms with van der Waals surface area (Å²) in [6, 6.07) is 8.20. The third-order valence-corrected chi connectivity index (χ3v) is 5.64. The van der Waals surface area contributed by atoms with Crippen LogP contribution in [0.1, 0.15) is 57.4 Å². The van der Waals surface area contributed by atoms with Gasteiger partial charge in [0.2, 0.25) is 5.91 Å². The maximum atomic E-state index is 12.8. The topological polar surface area (TPSA) is 29.1 Å². The van der Waals surface area contributed by atoms with Gasteiger partial charge in [-0.3, -0.25) is 4.79 Å². The molecule has 2 aliphatic carbocycles. The Bertz CT molecular complexity index is 498. The molecule has 1 amide bonds. The Kier molecular flexibility index (Phi) is 4.26. The Morgan fingerprint density at radius 3 is 2.29 bits per heavy atom. The van der Waals surface area contributed by atoms with Crippen LogP contribution in [0.3, 0.4) is 0 Å². The second-order valence-corrected chi connectivity index (χ2v) is 7.31. The first-order valence-corrected chi connectivity index (χ1v) is 8.55. The highest BCUT2D eigenvalue weighted by Crippen LogP contribution is 2.44. The summed E-state index contributed by atoms with van der Waals surface area (Å²) < 4.78 is 0. The number of benzene rings is 1. The van der Waals surface area contributed by atoms with Crippen molar-refractivity contribution in [3.63, 3.8) is 0 Å². The van der Waals surface area contributed by atoms with Crippen molar-refractivity contribution in [1.82, 2.24) is 5.32 Å². The average molecular weight is 306 g/mol. The molecule has 0 radical (unpaired) electrons. The van der Waals surface area contributed by atoms with Crippen molar-refractivity contribution in [2.75, 3.05) is 0 Å². The van der Waals surface area contributed by atoms with Crippen LogP contribution < -0.4 is 5.32 Å². The van der Waals surface area contributed by atoms with Gasteiger partial charge in [0.1, 0.15) is 0 Å². The molecular formula is C18H24ClNO. The van der Waals surface area contributed by atoms with Crippen LogP contribution in [-0.2, 0) is 10.2 Å². The molecule has 2 aliphatic rings. The van der Waals surface area contributed by atoms with Crippen LogP contribution in [0.4, 0.5) is 0 Å². The van der Waals surface area contributed by atoms with Crippen molar-refractivity contribution >= 4 is 17.5 Å². The SMILES string of the molecule is CC1CCC(NC(=O)C2(c3ccc(Cl)cc3)CCC2)CC1. The Hall–Kier alpha value is -1.02. The number of amides is 1. The van der Waals surface area contributed by atoms with E-state index in [1.165, 1.54) is 12.8 Å². The minimum atomic E-state index is -0.298. The zero-order valence-electron chi connectivity index (χ0n) is 12.7. The van der Waals surface area contributed by atoms with E-state index in [2.05, 4.69) is 12.2 Å². The van der Waals surface area contributed by atoms with E-state index in [9.17, 15) is 4.79 Å². The summed E-state index contributed by atoms with van der Waals surface area (Å²) in [5.74, 6) is 1.04. The highest BCUT2D eigenvalue weighted by atomic mass is 35.5. The van der Waals surface area contributed by atoms with Crippen molar-refractivity contribution < 1.29 is 4.79 Å². The summed E-state index contributed by atoms with van der Waals surface area (Å²) in [6.07, 6.45) is 7.79. The maximum absolute atomic E-state index is 12.8. The lowest BCUT2D eigenvalue weighted by Crippen LogP contribution is -2.52. The van der Waals surface area contributed by atoms with Gasteiger partial charge in [-0.2, -0.15) is 0 Å². The lowest BCUT2D eigenvalue weighted by molar-refractivity contribution is -0.131. The van der Waals surface area contributed by atoms with Gasteiger partial charge >= 0.3 is 0 Å². The average Bonchev–Trinajstić information content (AvgIpc) is 2.42. The lowest BCUT2D eigenvalue weighted by Gasteiger charge is -2.42. The van der Waals surface area contributed by atoms with Gasteiger partial charge in [-0.1, -0.05) is 37.1 Å². The molecular weight excluding hydrogens is 282 g/mol. The molecule has 0 saturated heterocycles. The van der Waals surface area contributed by atoms with Gasteiger partial charge in [0, 0.05) is 11.1 Å². The van der Waals surface area contributed by atoms with Crippen LogP contribution >= 0.6 is 11.6 Å². The molecule has 1 N–H and O–H groups in total. The fraction of sp³-hybridized carbons (Fsp3) is 0.611. The largest absolute Gasteiger partial charge is 0.353 e. The molecule has 0 spiro atoms. The second kappa shape index (κ2) is 6.00. The Labute approximate surface area is 132 Å². The van der Waals surface area contributed by atoms with E-state index in [0.717, 1.165) is 48.6 Å². The molecule has 1 aromatic rings. The van der Waals surface area contributed by atoms with Crippen molar-refractivity contribution in [3.8, 4) is 0 Å². The molecule has 3 heteroatoms. The van der Waals surface area contributed by atoms with Gasteiger partial charge < -0.3 is 5.32 Å². The van der Waals surface area contributed by atoms with E-state index in [1.54, 1.807) is 0 Å². The quantitative estimate of drug-likeness (QED) is 0.878. The van der Waals surface area contributed by atoms with Gasteiger partial charge in [0.15, 0.2) is 0 Å². The Morgan fingerprint density at radius 2 is 1.76 bits per heavy atom. The Balaban J connectivity index is 1.70. The van der Waals surface area contributed by atoms with Gasteiger partial charge in [0.25, 0.3) is 0 Å². The van der Waals surface area contributed by atoms with Crippen LogP contribution in [0.5, 0.6) is 0 Å². The van der Waals surface area contributed by atoms with Crippen molar-refractivity contribution in [1.29, 1.82) is 0 Å². The number of carbonyl (C=O) groups excluding carboxylic acids is 1. The molecule has 3 rings (SSSR count). The van der Waals surface area contributed by atoms with Crippen LogP contribution in [-0.4, -0.2) is 11.9 Å². The summed E-state index contributed by atoms with van der Waals surface area (Å²) in [5, 5.41) is 4.05. The first kappa shape index (κ1) is 14.9. The van der Waals surface area contributed by atoms with E-state index in [-0.39, 0.29) is 11.3 Å². The molecule has 0 bridgehead atoms. The fourth-order valence-electron chi connectivity index (χ4n) is 3.67. The van der Waals surface area contributed by atoms with Crippen LogP contribution in [0.25, 0.3) is 0 Å². The number of halogens is 1. The predicted molar refractivity (Wildman–Crippen MR) is 86.5 cm³/mol. The van der Waals surface area contributed by atoms with Gasteiger partial charge in [-0.05, 0) is 62.1 Å². The smallest absolute Gasteiger partial charge is 0.230 e. The lowest BCUT2D eigenvalue weighted by atomic mass is 9.63. The third kappa shape index (κ3) is 2.96. The summed E-state index contributed by atoms with van der Waals surface area (Å²) in [5.41, 5.74) is 0.827. The first-order chi connectivity index (χ1) is 10.1. The molecule has 0 heterocycles. The van der Waals surface area contributed by atoms with E-state index >= 15 is 0 Å². The van der Waals surface area contributed by atoms with E-state index in [0.29, 0.717) is 6.04 Å². The monoisotopic (exact) mass is 305 g/mol. The standard InChI is InChI=1S/C18H24ClNO/c1-13-3-9-16(10-4-13)20-17(21)18(11-2-12-18)14-5-7-15(19)8-6-14/h5-8,13,16H,2-4,9-12H2,1H3,(H,20,21). The van der Waals surface area contributed by atoms with Crippen LogP contribution in [0.15, 0.2) is 24.3 Å². The summed E-state index contributed by atoms with van der Waals surface area (Å²) >= 11 is 5.97. The number of hydrogen-bond donors (Lipinski definition) is 1. The van der Waals surface area contributed by atoms with Crippen molar-refractivity contribution in [3.05, 3.63) is 34.9 Å². The van der Waals surface area contributed by atoms with Crippen molar-refractivity contribution in [2.45, 2.75) is 63.3 Å². The molecule has 2 nitrogen and oxygen atoms in total. The summed E-state index contributed by atoms with van der Waals surface area (Å²) in [4.78, 5) is 12.8. The van der Waals surface area contributed by atoms with Crippen molar-refractivity contribution in [2.24, 2.45) is 5.92 Å². The van der Waals surface area contributed by atoms with Gasteiger partial charge in [-0.15, -0.1) is 0 Å². The number of rotatable bonds is 3. The van der Waals surface area contributed by atoms with E-state index in [4.69, 9.17) is 11.6 Å². The summed E-state index contributed by atoms with van der Waals surface area (Å²) in [6.45, 7) is 2.30. The molecule has 0 aliphatic heterocycles. The minimum absolute atomic E-state index is 0.232. The fourth-order valence-corrected chi connectivity index (χ4v) is 3.80. The third-order valence-electron chi connectivity index (χ3n) is 5.39. The number of nitrogens with one attached hydrogen (secondary N) is 1. The van der Waals surface area contributed by atoms with Crippen LogP contribution in [0, 0.1) is 5.92 Å². The van der Waals surface area contributed by atoms with Gasteiger partial charge in [-0.25, -0.2) is 0 Å². The minimum Gasteiger partial charge on any atom is -0.353 e. The molecule has 0 atom stereocenters. The predicted octanol–water partition coefficient (Wildman–Crippen LogP) is 4.46. The van der Waals surface area contributed by atoms with E-state index in [1.807, 2.05) is 24.3 Å². The number of carbonyl (C=O) groups is 1. The molecule has 21 heavy (non-hydrogen) atoms. The van der Waals surface area contributed by atoms with Gasteiger partial charge in [0.05, 0.1) is 5.41 Å². The zero-order chi connectivity index (χ0) is 14.9. The highest BCUT2D eigenvalue weighted by molar-refractivity contribution is 6.30. The Morgan fingerprint density at radius 1 is 1.14 bits per heavy atom. The van der Waals surface area contributed by atoms with Crippen LogP contribution in [0.2, 0.25) is 5.02 Å². The summed E-state index contributed by atoms with van der Waals surface area (Å²) in [7, 11) is 0. The molecule has 114 valence electrons. The van der Waals surface area contributed by atoms with E-state index < -0.39 is 0 Å². The number of hydrogen-bond acceptors (Lipinski definition) is 1. The molecule has 2 saturated carbocycles.